The van der Waals surface area contributed by atoms with E-state index < -0.39 is 168 Å². The summed E-state index contributed by atoms with van der Waals surface area (Å²) in [7, 11) is 9.78. The fourth-order valence-corrected chi connectivity index (χ4v) is 12.5. The van der Waals surface area contributed by atoms with Gasteiger partial charge in [0.1, 0.15) is 60.4 Å². The molecule has 0 aromatic heterocycles. The number of amides is 11. The van der Waals surface area contributed by atoms with Gasteiger partial charge in [-0.15, -0.1) is 0 Å². The van der Waals surface area contributed by atoms with Crippen LogP contribution in [0.5, 0.6) is 0 Å². The Bertz CT molecular complexity index is 2630. The van der Waals surface area contributed by atoms with Gasteiger partial charge in [0, 0.05) is 75.0 Å². The summed E-state index contributed by atoms with van der Waals surface area (Å²) in [6, 6.07) is -14.4. The predicted molar refractivity (Wildman–Crippen MR) is 354 cm³/mol. The summed E-state index contributed by atoms with van der Waals surface area (Å²) >= 11 is 0. The van der Waals surface area contributed by atoms with Crippen molar-refractivity contribution in [3.63, 3.8) is 0 Å². The number of fused-ring (bicyclic) bond motifs is 3. The second kappa shape index (κ2) is 37.0. The van der Waals surface area contributed by atoms with Crippen molar-refractivity contribution < 1.29 is 67.3 Å². The molecule has 0 aromatic carbocycles. The molecule has 14 atom stereocenters. The molecule has 0 aromatic rings. The number of carbonyl (C=O) groups excluding carboxylic acids is 11. The zero-order valence-electron chi connectivity index (χ0n) is 60.0. The number of nitrogens with one attached hydrogen (secondary N) is 3. The van der Waals surface area contributed by atoms with Crippen LogP contribution in [0.2, 0.25) is 0 Å². The van der Waals surface area contributed by atoms with Crippen LogP contribution in [0.3, 0.4) is 0 Å². The third-order valence-corrected chi connectivity index (χ3v) is 18.5. The Labute approximate surface area is 554 Å². The van der Waals surface area contributed by atoms with Crippen LogP contribution < -0.4 is 16.0 Å². The van der Waals surface area contributed by atoms with Gasteiger partial charge in [-0.3, -0.25) is 57.6 Å². The molecule has 93 heavy (non-hydrogen) atoms. The van der Waals surface area contributed by atoms with E-state index in [9.17, 15) is 33.9 Å². The number of carbonyl (C=O) groups is 11. The first-order chi connectivity index (χ1) is 43.4. The SMILES string of the molecule is C/C=C/C[C@@H](C)[C@@H](O)[C@@H]1C(=O)N[C@@H](CC)C(=O)N(C)CC(=O)N(C)[C@@H]([C@@H](C)OC/C=C/CN2CCOCC2)C(=O)N[C@@H](C(C)C)C(=O)N(C)[C@@H](CC(C)C)C(=O)N[C@@H](C)C(=O)N2C(C)C[C@@H](C(=O)N(C)[C@@H](C(C)C)C(=O)N1C)N(C)C(=O)[C@H](CC(C)C)N(C)C(=O)[C@H]2C. The van der Waals surface area contributed by atoms with Crippen molar-refractivity contribution in [2.24, 2.45) is 29.6 Å². The van der Waals surface area contributed by atoms with Gasteiger partial charge in [-0.2, -0.15) is 0 Å². The molecule has 528 valence electrons. The third-order valence-electron chi connectivity index (χ3n) is 18.5. The van der Waals surface area contributed by atoms with Crippen LogP contribution in [0, 0.1) is 29.6 Å². The highest BCUT2D eigenvalue weighted by atomic mass is 16.5. The lowest BCUT2D eigenvalue weighted by Gasteiger charge is -2.45. The van der Waals surface area contributed by atoms with Crippen LogP contribution in [0.25, 0.3) is 0 Å². The van der Waals surface area contributed by atoms with Crippen LogP contribution in [0.4, 0.5) is 0 Å². The van der Waals surface area contributed by atoms with Crippen molar-refractivity contribution >= 4 is 65.0 Å². The van der Waals surface area contributed by atoms with E-state index in [1.807, 2.05) is 33.8 Å². The number of aliphatic hydroxyl groups excluding tert-OH is 1. The summed E-state index contributed by atoms with van der Waals surface area (Å²) in [5.41, 5.74) is 0. The molecule has 3 aliphatic heterocycles. The summed E-state index contributed by atoms with van der Waals surface area (Å²) in [5.74, 6) is -10.1. The number of morpholine rings is 1. The molecule has 26 nitrogen and oxygen atoms in total. The van der Waals surface area contributed by atoms with E-state index >= 15 is 24.0 Å². The molecule has 3 fully saturated rings. The van der Waals surface area contributed by atoms with Gasteiger partial charge < -0.3 is 69.7 Å². The lowest BCUT2D eigenvalue weighted by molar-refractivity contribution is -0.161. The molecule has 0 spiro atoms. The van der Waals surface area contributed by atoms with Crippen molar-refractivity contribution in [1.82, 2.24) is 60.0 Å². The van der Waals surface area contributed by atoms with Gasteiger partial charge >= 0.3 is 0 Å². The Morgan fingerprint density at radius 1 is 0.581 bits per heavy atom. The van der Waals surface area contributed by atoms with Gasteiger partial charge in [-0.25, -0.2) is 0 Å². The van der Waals surface area contributed by atoms with Crippen LogP contribution in [0.1, 0.15) is 136 Å². The lowest BCUT2D eigenvalue weighted by Crippen LogP contribution is -2.65. The Hall–Kier alpha value is -6.51. The molecule has 11 amide bonds. The highest BCUT2D eigenvalue weighted by Gasteiger charge is 2.48. The Kier molecular flexibility index (Phi) is 32.1. The monoisotopic (exact) mass is 1310 g/mol. The summed E-state index contributed by atoms with van der Waals surface area (Å²) in [4.78, 5) is 177. The van der Waals surface area contributed by atoms with Gasteiger partial charge in [0.05, 0.1) is 38.6 Å². The first-order valence-electron chi connectivity index (χ1n) is 33.3. The fourth-order valence-electron chi connectivity index (χ4n) is 12.5. The van der Waals surface area contributed by atoms with Crippen LogP contribution in [0.15, 0.2) is 24.3 Å². The van der Waals surface area contributed by atoms with Crippen molar-refractivity contribution in [3.8, 4) is 0 Å². The summed E-state index contributed by atoms with van der Waals surface area (Å²) < 4.78 is 11.7. The van der Waals surface area contributed by atoms with Crippen molar-refractivity contribution in [2.75, 3.05) is 95.3 Å². The molecule has 26 heteroatoms. The quantitative estimate of drug-likeness (QED) is 0.152. The van der Waals surface area contributed by atoms with Crippen LogP contribution in [-0.2, 0) is 62.2 Å². The summed E-state index contributed by atoms with van der Waals surface area (Å²) in [6.45, 7) is 28.4. The number of allylic oxidation sites excluding steroid dienone is 2. The Balaban J connectivity index is 2.40. The smallest absolute Gasteiger partial charge is 0.246 e. The standard InChI is InChI=1S/C67H116N12O14/c1-23-25-28-43(11)57(81)56-60(84)69-48(24-2)63(87)71(16)38-52(80)75(20)55(47(15)93-32-27-26-29-78-30-33-92-34-31-78)59(83)70-53(41(7)8)66(90)72(17)49(35-39(3)4)58(82)68-45(13)61(85)79-44(12)37-51(65(89)76(21)54(42(9)10)67(91)77(56)22)74(19)64(88)50(36-40(5)6)73(18)62(86)46(79)14/h23,25-27,39-51,53-57,81H,24,28-38H2,1-22H3,(H,68,82)(H,69,84)(H,70,83)/b25-23+,27-26+/t43-,44?,45+,46-,47-,48+,49+,50+,51+,53+,54+,55+,56-,57-/m1/s1. The Morgan fingerprint density at radius 2 is 1.14 bits per heavy atom. The number of aliphatic hydroxyl groups is 1. The molecule has 0 saturated carbocycles. The lowest BCUT2D eigenvalue weighted by atomic mass is 9.91. The normalized spacial score (nSPS) is 28.5. The number of hydrogen-bond acceptors (Lipinski definition) is 15. The number of rotatable bonds is 17. The molecule has 1 unspecified atom stereocenters. The highest BCUT2D eigenvalue weighted by Crippen LogP contribution is 2.28. The second-order valence-electron chi connectivity index (χ2n) is 27.5. The maximum absolute atomic E-state index is 15.6. The number of ether oxygens (including phenoxy) is 2. The molecule has 3 heterocycles. The molecule has 0 radical (unpaired) electrons. The molecule has 3 saturated heterocycles. The van der Waals surface area contributed by atoms with Gasteiger partial charge in [-0.05, 0) is 96.3 Å². The maximum Gasteiger partial charge on any atom is 0.246 e. The molecular formula is C67H116N12O14. The van der Waals surface area contributed by atoms with Crippen LogP contribution in [-0.4, -0.2) is 288 Å². The third kappa shape index (κ3) is 21.2. The van der Waals surface area contributed by atoms with Crippen molar-refractivity contribution in [1.29, 1.82) is 0 Å². The van der Waals surface area contributed by atoms with E-state index in [4.69, 9.17) is 9.47 Å². The van der Waals surface area contributed by atoms with Gasteiger partial charge in [0.25, 0.3) is 0 Å². The minimum absolute atomic E-state index is 0.0120. The molecule has 3 rings (SSSR count). The minimum Gasteiger partial charge on any atom is -0.390 e. The average molecular weight is 1310 g/mol. The van der Waals surface area contributed by atoms with Crippen LogP contribution >= 0.6 is 0 Å². The first-order valence-corrected chi connectivity index (χ1v) is 33.3. The zero-order valence-corrected chi connectivity index (χ0v) is 60.0. The number of nitrogens with zero attached hydrogens (tertiary/aromatic N) is 9. The molecular weight excluding hydrogens is 1200 g/mol. The first kappa shape index (κ1) is 80.7. The Morgan fingerprint density at radius 3 is 1.69 bits per heavy atom. The van der Waals surface area contributed by atoms with Crippen molar-refractivity contribution in [2.45, 2.75) is 215 Å². The minimum atomic E-state index is -1.67. The average Bonchev–Trinajstić information content (AvgIpc) is 0.804. The van der Waals surface area contributed by atoms with E-state index in [1.54, 1.807) is 80.5 Å². The number of likely N-dealkylation sites (N-methyl/N-ethyl adjacent to an activating group) is 7. The summed E-state index contributed by atoms with van der Waals surface area (Å²) in [5, 5.41) is 20.7. The predicted octanol–water partition coefficient (Wildman–Crippen LogP) is 1.97. The van der Waals surface area contributed by atoms with E-state index in [-0.39, 0.29) is 50.5 Å². The van der Waals surface area contributed by atoms with Gasteiger partial charge in [0.15, 0.2) is 0 Å². The second-order valence-corrected chi connectivity index (χ2v) is 27.5. The maximum atomic E-state index is 15.6. The van der Waals surface area contributed by atoms with E-state index in [0.29, 0.717) is 19.8 Å². The van der Waals surface area contributed by atoms with Crippen molar-refractivity contribution in [3.05, 3.63) is 24.3 Å². The zero-order chi connectivity index (χ0) is 70.8. The fraction of sp³-hybridized carbons (Fsp3) is 0.776. The van der Waals surface area contributed by atoms with E-state index in [2.05, 4.69) is 20.9 Å². The molecule has 2 bridgehead atoms. The number of hydrogen-bond donors (Lipinski definition) is 4. The van der Waals surface area contributed by atoms with Gasteiger partial charge in [-0.1, -0.05) is 93.5 Å². The molecule has 4 N–H and O–H groups in total. The van der Waals surface area contributed by atoms with E-state index in [1.165, 1.54) is 87.7 Å². The highest BCUT2D eigenvalue weighted by molar-refractivity contribution is 6.00. The van der Waals surface area contributed by atoms with Gasteiger partial charge in [0.2, 0.25) is 65.0 Å². The topological polar surface area (TPSA) is 292 Å². The summed E-state index contributed by atoms with van der Waals surface area (Å²) in [6.07, 6.45) is 5.02. The molecule has 0 aliphatic carbocycles. The van der Waals surface area contributed by atoms with E-state index in [0.717, 1.165) is 27.8 Å². The largest absolute Gasteiger partial charge is 0.390 e. The molecule has 3 aliphatic rings.